The molecule has 2 aromatic rings. The summed E-state index contributed by atoms with van der Waals surface area (Å²) in [5.74, 6) is -1.20. The van der Waals surface area contributed by atoms with Crippen LogP contribution < -0.4 is 4.74 Å². The molecule has 9 heteroatoms. The Hall–Kier alpha value is -2.00. The Labute approximate surface area is 219 Å². The standard InChI is InChI=1S/C29H35F6NO2/c1-37-17-18-14-21-5-3-6-22(15-18)36(21)16-19-4-2-7-25-24(19)12-13-26(27(25)29(33,34)35)38-23-10-8-20(9-11-23)28(30,31)32/h2,4,7,12-13,18,20-23H,3,5-6,8-11,14-17H2,1H3. The van der Waals surface area contributed by atoms with Crippen LogP contribution >= 0.6 is 0 Å². The van der Waals surface area contributed by atoms with Gasteiger partial charge < -0.3 is 9.47 Å². The van der Waals surface area contributed by atoms with E-state index in [1.54, 1.807) is 19.2 Å². The van der Waals surface area contributed by atoms with E-state index < -0.39 is 29.9 Å². The molecule has 0 N–H and O–H groups in total. The number of nitrogens with zero attached hydrogens (tertiary/aromatic N) is 1. The summed E-state index contributed by atoms with van der Waals surface area (Å²) in [7, 11) is 1.72. The summed E-state index contributed by atoms with van der Waals surface area (Å²) in [6.07, 6.45) is -4.27. The van der Waals surface area contributed by atoms with Gasteiger partial charge in [0.25, 0.3) is 0 Å². The zero-order chi connectivity index (χ0) is 27.1. The highest BCUT2D eigenvalue weighted by molar-refractivity contribution is 5.91. The predicted octanol–water partition coefficient (Wildman–Crippen LogP) is 8.14. The molecule has 5 rings (SSSR count). The first kappa shape index (κ1) is 27.6. The molecule has 210 valence electrons. The van der Waals surface area contributed by atoms with Crippen LogP contribution in [0.5, 0.6) is 5.75 Å². The molecule has 2 bridgehead atoms. The molecule has 2 unspecified atom stereocenters. The number of fused-ring (bicyclic) bond motifs is 3. The van der Waals surface area contributed by atoms with E-state index in [2.05, 4.69) is 4.90 Å². The van der Waals surface area contributed by atoms with E-state index in [4.69, 9.17) is 9.47 Å². The van der Waals surface area contributed by atoms with Crippen LogP contribution in [0.1, 0.15) is 68.9 Å². The van der Waals surface area contributed by atoms with Crippen LogP contribution in [0.3, 0.4) is 0 Å². The third-order valence-corrected chi connectivity index (χ3v) is 8.81. The molecular weight excluding hydrogens is 508 g/mol. The fraction of sp³-hybridized carbons (Fsp3) is 0.655. The van der Waals surface area contributed by atoms with Crippen molar-refractivity contribution in [3.8, 4) is 5.75 Å². The molecule has 0 spiro atoms. The van der Waals surface area contributed by atoms with Crippen LogP contribution in [0.4, 0.5) is 26.3 Å². The first-order chi connectivity index (χ1) is 18.0. The maximum atomic E-state index is 14.4. The first-order valence-corrected chi connectivity index (χ1v) is 13.6. The minimum absolute atomic E-state index is 0.0795. The van der Waals surface area contributed by atoms with Crippen molar-refractivity contribution >= 4 is 10.8 Å². The zero-order valence-corrected chi connectivity index (χ0v) is 21.6. The molecule has 0 radical (unpaired) electrons. The molecule has 2 atom stereocenters. The maximum Gasteiger partial charge on any atom is 0.420 e. The number of halogens is 6. The van der Waals surface area contributed by atoms with E-state index in [9.17, 15) is 26.3 Å². The van der Waals surface area contributed by atoms with Crippen molar-refractivity contribution in [2.24, 2.45) is 11.8 Å². The third kappa shape index (κ3) is 5.79. The lowest BCUT2D eigenvalue weighted by molar-refractivity contribution is -0.185. The van der Waals surface area contributed by atoms with Gasteiger partial charge in [-0.1, -0.05) is 30.7 Å². The van der Waals surface area contributed by atoms with E-state index in [-0.39, 0.29) is 36.8 Å². The minimum Gasteiger partial charge on any atom is -0.490 e. The van der Waals surface area contributed by atoms with Gasteiger partial charge in [0.1, 0.15) is 11.3 Å². The Morgan fingerprint density at radius 2 is 1.53 bits per heavy atom. The molecule has 3 fully saturated rings. The van der Waals surface area contributed by atoms with Crippen molar-refractivity contribution < 1.29 is 35.8 Å². The molecule has 2 heterocycles. The average Bonchev–Trinajstić information content (AvgIpc) is 2.83. The highest BCUT2D eigenvalue weighted by atomic mass is 19.4. The summed E-state index contributed by atoms with van der Waals surface area (Å²) < 4.78 is 93.4. The number of rotatable bonds is 6. The molecule has 3 nitrogen and oxygen atoms in total. The van der Waals surface area contributed by atoms with E-state index in [1.165, 1.54) is 18.6 Å². The van der Waals surface area contributed by atoms with Crippen molar-refractivity contribution in [2.45, 2.75) is 94.9 Å². The highest BCUT2D eigenvalue weighted by Gasteiger charge is 2.43. The van der Waals surface area contributed by atoms with Gasteiger partial charge in [-0.15, -0.1) is 0 Å². The lowest BCUT2D eigenvalue weighted by atomic mass is 9.78. The molecule has 1 aliphatic carbocycles. The summed E-state index contributed by atoms with van der Waals surface area (Å²) in [6, 6.07) is 8.88. The van der Waals surface area contributed by atoms with Gasteiger partial charge in [-0.25, -0.2) is 0 Å². The second-order valence-electron chi connectivity index (χ2n) is 11.3. The topological polar surface area (TPSA) is 21.7 Å². The fourth-order valence-corrected chi connectivity index (χ4v) is 7.04. The van der Waals surface area contributed by atoms with E-state index in [0.29, 0.717) is 29.9 Å². The Morgan fingerprint density at radius 3 is 2.13 bits per heavy atom. The summed E-state index contributed by atoms with van der Waals surface area (Å²) in [4.78, 5) is 2.47. The van der Waals surface area contributed by atoms with Crippen LogP contribution in [0, 0.1) is 11.8 Å². The van der Waals surface area contributed by atoms with Crippen molar-refractivity contribution in [3.63, 3.8) is 0 Å². The number of hydrogen-bond donors (Lipinski definition) is 0. The summed E-state index contributed by atoms with van der Waals surface area (Å²) in [5, 5.41) is 0.626. The number of hydrogen-bond acceptors (Lipinski definition) is 3. The number of ether oxygens (including phenoxy) is 2. The normalized spacial score (nSPS) is 29.0. The molecule has 0 aromatic heterocycles. The molecule has 2 aliphatic heterocycles. The molecule has 2 aromatic carbocycles. The zero-order valence-electron chi connectivity index (χ0n) is 21.6. The SMILES string of the molecule is COCC1CC2CCCC(C1)N2Cc1cccc2c(C(F)(F)F)c(OC3CCC(C(F)(F)F)CC3)ccc12. The predicted molar refractivity (Wildman–Crippen MR) is 133 cm³/mol. The Morgan fingerprint density at radius 1 is 0.842 bits per heavy atom. The quantitative estimate of drug-likeness (QED) is 0.343. The number of methoxy groups -OCH3 is 1. The van der Waals surface area contributed by atoms with E-state index >= 15 is 0 Å². The second kappa shape index (κ2) is 10.9. The molecule has 3 aliphatic rings. The van der Waals surface area contributed by atoms with Gasteiger partial charge in [0.2, 0.25) is 0 Å². The smallest absolute Gasteiger partial charge is 0.420 e. The molecule has 38 heavy (non-hydrogen) atoms. The fourth-order valence-electron chi connectivity index (χ4n) is 7.04. The second-order valence-corrected chi connectivity index (χ2v) is 11.3. The van der Waals surface area contributed by atoms with E-state index in [0.717, 1.165) is 37.9 Å². The van der Waals surface area contributed by atoms with Crippen molar-refractivity contribution in [1.82, 2.24) is 4.90 Å². The lowest BCUT2D eigenvalue weighted by Crippen LogP contribution is -2.52. The van der Waals surface area contributed by atoms with Crippen LogP contribution in [-0.4, -0.2) is 43.0 Å². The van der Waals surface area contributed by atoms with Gasteiger partial charge in [-0.05, 0) is 79.7 Å². The summed E-state index contributed by atoms with van der Waals surface area (Å²) >= 11 is 0. The third-order valence-electron chi connectivity index (χ3n) is 8.81. The number of piperidine rings is 2. The monoisotopic (exact) mass is 543 g/mol. The number of benzene rings is 2. The Balaban J connectivity index is 1.40. The van der Waals surface area contributed by atoms with E-state index in [1.807, 2.05) is 6.07 Å². The molecule has 1 saturated carbocycles. The van der Waals surface area contributed by atoms with Crippen LogP contribution in [0.2, 0.25) is 0 Å². The average molecular weight is 544 g/mol. The van der Waals surface area contributed by atoms with Crippen LogP contribution in [0.25, 0.3) is 10.8 Å². The van der Waals surface area contributed by atoms with Crippen LogP contribution in [-0.2, 0) is 17.5 Å². The van der Waals surface area contributed by atoms with Gasteiger partial charge >= 0.3 is 12.4 Å². The van der Waals surface area contributed by atoms with Gasteiger partial charge in [-0.3, -0.25) is 4.90 Å². The van der Waals surface area contributed by atoms with Gasteiger partial charge in [0.05, 0.1) is 12.0 Å². The lowest BCUT2D eigenvalue weighted by Gasteiger charge is -2.49. The van der Waals surface area contributed by atoms with Crippen LogP contribution in [0.15, 0.2) is 30.3 Å². The largest absolute Gasteiger partial charge is 0.490 e. The van der Waals surface area contributed by atoms with Crippen molar-refractivity contribution in [1.29, 1.82) is 0 Å². The number of alkyl halides is 6. The Bertz CT molecular complexity index is 1090. The minimum atomic E-state index is -4.66. The summed E-state index contributed by atoms with van der Waals surface area (Å²) in [5.41, 5.74) is 0.0149. The maximum absolute atomic E-state index is 14.4. The molecular formula is C29H35F6NO2. The van der Waals surface area contributed by atoms with Gasteiger partial charge in [-0.2, -0.15) is 26.3 Å². The molecule has 0 amide bonds. The van der Waals surface area contributed by atoms with Crippen molar-refractivity contribution in [3.05, 3.63) is 41.5 Å². The van der Waals surface area contributed by atoms with Gasteiger partial charge in [0.15, 0.2) is 0 Å². The summed E-state index contributed by atoms with van der Waals surface area (Å²) in [6.45, 7) is 1.33. The Kier molecular flexibility index (Phi) is 7.89. The van der Waals surface area contributed by atoms with Gasteiger partial charge in [0, 0.05) is 32.3 Å². The first-order valence-electron chi connectivity index (χ1n) is 13.6. The van der Waals surface area contributed by atoms with Crippen molar-refractivity contribution in [2.75, 3.05) is 13.7 Å². The highest BCUT2D eigenvalue weighted by Crippen LogP contribution is 2.45. The molecule has 2 saturated heterocycles.